The maximum absolute atomic E-state index is 12.4. The fraction of sp³-hybridized carbons (Fsp3) is 0.167. The van der Waals surface area contributed by atoms with Gasteiger partial charge in [-0.15, -0.1) is 11.8 Å². The first-order chi connectivity index (χ1) is 13.1. The lowest BCUT2D eigenvalue weighted by Gasteiger charge is -2.25. The number of amides is 2. The second-order valence-electron chi connectivity index (χ2n) is 5.72. The Morgan fingerprint density at radius 3 is 2.89 bits per heavy atom. The third-order valence-corrected chi connectivity index (χ3v) is 6.25. The van der Waals surface area contributed by atoms with Crippen molar-refractivity contribution in [3.8, 4) is 0 Å². The van der Waals surface area contributed by atoms with Gasteiger partial charge in [0.15, 0.2) is 5.58 Å². The number of nitrogens with zero attached hydrogens (tertiary/aromatic N) is 2. The Hall–Kier alpha value is -2.16. The van der Waals surface area contributed by atoms with E-state index in [4.69, 9.17) is 16.0 Å². The quantitative estimate of drug-likeness (QED) is 0.632. The molecule has 0 spiro atoms. The molecule has 2 aromatic carbocycles. The van der Waals surface area contributed by atoms with E-state index in [1.807, 2.05) is 42.5 Å². The summed E-state index contributed by atoms with van der Waals surface area (Å²) in [6, 6.07) is 14.7. The van der Waals surface area contributed by atoms with Crippen molar-refractivity contribution >= 4 is 58.0 Å². The second-order valence-corrected chi connectivity index (χ2v) is 8.12. The highest BCUT2D eigenvalue weighted by Gasteiger charge is 2.35. The third-order valence-electron chi connectivity index (χ3n) is 3.89. The number of carbonyl (C=O) groups is 2. The number of rotatable bonds is 5. The first kappa shape index (κ1) is 18.2. The summed E-state index contributed by atoms with van der Waals surface area (Å²) in [5, 5.41) is 1.98. The molecule has 1 fully saturated rings. The molecule has 1 aliphatic heterocycles. The normalized spacial score (nSPS) is 16.9. The summed E-state index contributed by atoms with van der Waals surface area (Å²) in [5.41, 5.74) is 4.89. The molecule has 0 radical (unpaired) electrons. The number of hydrogen-bond acceptors (Lipinski definition) is 6. The lowest BCUT2D eigenvalue weighted by atomic mass is 10.2. The molecular weight excluding hydrogens is 406 g/mol. The lowest BCUT2D eigenvalue weighted by molar-refractivity contribution is -0.138. The summed E-state index contributed by atoms with van der Waals surface area (Å²) >= 11 is 8.85. The number of benzene rings is 2. The van der Waals surface area contributed by atoms with Crippen LogP contribution in [0.25, 0.3) is 11.1 Å². The molecule has 27 heavy (non-hydrogen) atoms. The van der Waals surface area contributed by atoms with Crippen molar-refractivity contribution in [1.82, 2.24) is 15.4 Å². The molecule has 138 valence electrons. The van der Waals surface area contributed by atoms with Crippen LogP contribution in [-0.4, -0.2) is 33.3 Å². The monoisotopic (exact) mass is 419 g/mol. The topological polar surface area (TPSA) is 75.4 Å². The summed E-state index contributed by atoms with van der Waals surface area (Å²) in [7, 11) is 0. The summed E-state index contributed by atoms with van der Waals surface area (Å²) < 4.78 is 5.59. The van der Waals surface area contributed by atoms with Gasteiger partial charge in [-0.2, -0.15) is 0 Å². The van der Waals surface area contributed by atoms with E-state index in [9.17, 15) is 9.59 Å². The molecule has 0 aliphatic carbocycles. The molecule has 1 aromatic heterocycles. The zero-order valence-corrected chi connectivity index (χ0v) is 16.3. The van der Waals surface area contributed by atoms with Gasteiger partial charge >= 0.3 is 0 Å². The Morgan fingerprint density at radius 2 is 2.07 bits per heavy atom. The van der Waals surface area contributed by atoms with Gasteiger partial charge < -0.3 is 4.42 Å². The van der Waals surface area contributed by atoms with Crippen molar-refractivity contribution in [2.24, 2.45) is 0 Å². The zero-order chi connectivity index (χ0) is 18.8. The number of fused-ring (bicyclic) bond motifs is 1. The van der Waals surface area contributed by atoms with Gasteiger partial charge in [0.25, 0.3) is 11.1 Å². The van der Waals surface area contributed by atoms with Crippen LogP contribution < -0.4 is 5.43 Å². The molecule has 1 N–H and O–H groups in total. The molecule has 0 saturated carbocycles. The molecule has 3 aromatic rings. The van der Waals surface area contributed by atoms with Gasteiger partial charge in [-0.1, -0.05) is 53.7 Å². The van der Waals surface area contributed by atoms with E-state index in [-0.39, 0.29) is 28.7 Å². The highest BCUT2D eigenvalue weighted by atomic mass is 35.5. The van der Waals surface area contributed by atoms with Gasteiger partial charge in [-0.05, 0) is 18.2 Å². The fourth-order valence-electron chi connectivity index (χ4n) is 2.66. The summed E-state index contributed by atoms with van der Waals surface area (Å²) in [4.78, 5) is 28.9. The second kappa shape index (κ2) is 7.84. The van der Waals surface area contributed by atoms with E-state index in [0.29, 0.717) is 15.8 Å². The van der Waals surface area contributed by atoms with Crippen LogP contribution in [0.1, 0.15) is 10.9 Å². The number of para-hydroxylation sites is 2. The number of carbonyl (C=O) groups excluding carboxylic acids is 2. The number of thioether (sulfide) groups is 2. The number of aromatic nitrogens is 1. The van der Waals surface area contributed by atoms with Crippen LogP contribution in [0.2, 0.25) is 5.02 Å². The van der Waals surface area contributed by atoms with E-state index in [2.05, 4.69) is 10.4 Å². The van der Waals surface area contributed by atoms with Crippen LogP contribution >= 0.6 is 35.1 Å². The molecule has 6 nitrogen and oxygen atoms in total. The summed E-state index contributed by atoms with van der Waals surface area (Å²) in [6.45, 7) is 0. The number of halogens is 1. The molecular formula is C18H14ClN3O3S2. The van der Waals surface area contributed by atoms with Crippen molar-refractivity contribution in [2.45, 2.75) is 10.6 Å². The van der Waals surface area contributed by atoms with Crippen molar-refractivity contribution < 1.29 is 14.0 Å². The molecule has 0 bridgehead atoms. The minimum Gasteiger partial charge on any atom is -0.431 e. The minimum absolute atomic E-state index is 0.0799. The molecule has 1 unspecified atom stereocenters. The third kappa shape index (κ3) is 3.92. The lowest BCUT2D eigenvalue weighted by Crippen LogP contribution is -2.45. The van der Waals surface area contributed by atoms with Gasteiger partial charge in [0.1, 0.15) is 10.9 Å². The number of hydrazine groups is 1. The van der Waals surface area contributed by atoms with E-state index in [1.165, 1.54) is 28.5 Å². The fourth-order valence-corrected chi connectivity index (χ4v) is 4.74. The molecule has 1 atom stereocenters. The van der Waals surface area contributed by atoms with Crippen LogP contribution in [0, 0.1) is 0 Å². The first-order valence-electron chi connectivity index (χ1n) is 8.08. The Morgan fingerprint density at radius 1 is 1.30 bits per heavy atom. The van der Waals surface area contributed by atoms with Gasteiger partial charge in [-0.25, -0.2) is 9.99 Å². The van der Waals surface area contributed by atoms with Crippen molar-refractivity contribution in [3.63, 3.8) is 0 Å². The van der Waals surface area contributed by atoms with Gasteiger partial charge in [0, 0.05) is 10.6 Å². The Bertz CT molecular complexity index is 977. The van der Waals surface area contributed by atoms with Crippen molar-refractivity contribution in [3.05, 3.63) is 59.1 Å². The summed E-state index contributed by atoms with van der Waals surface area (Å²) in [5.74, 6) is -0.106. The molecule has 9 heteroatoms. The molecule has 1 aliphatic rings. The predicted octanol–water partition coefficient (Wildman–Crippen LogP) is 3.88. The summed E-state index contributed by atoms with van der Waals surface area (Å²) in [6.07, 6.45) is 0. The molecule has 2 amide bonds. The van der Waals surface area contributed by atoms with Gasteiger partial charge in [0.2, 0.25) is 5.91 Å². The van der Waals surface area contributed by atoms with Crippen molar-refractivity contribution in [2.75, 3.05) is 11.5 Å². The highest BCUT2D eigenvalue weighted by Crippen LogP contribution is 2.40. The zero-order valence-electron chi connectivity index (χ0n) is 13.9. The number of oxazole rings is 1. The van der Waals surface area contributed by atoms with Crippen LogP contribution in [0.4, 0.5) is 0 Å². The smallest absolute Gasteiger partial charge is 0.257 e. The van der Waals surface area contributed by atoms with Crippen LogP contribution in [0.3, 0.4) is 0 Å². The average Bonchev–Trinajstić information content (AvgIpc) is 3.24. The van der Waals surface area contributed by atoms with Crippen LogP contribution in [0.15, 0.2) is 58.2 Å². The molecule has 2 heterocycles. The average molecular weight is 420 g/mol. The highest BCUT2D eigenvalue weighted by molar-refractivity contribution is 8.00. The number of nitrogens with one attached hydrogen (secondary N) is 1. The Labute approximate surface area is 168 Å². The molecule has 1 saturated heterocycles. The van der Waals surface area contributed by atoms with E-state index >= 15 is 0 Å². The van der Waals surface area contributed by atoms with E-state index in [0.717, 1.165) is 11.1 Å². The number of hydrogen-bond donors (Lipinski definition) is 1. The SMILES string of the molecule is O=C(CSc1nc2ccccc2o1)NN1C(=O)CSC1c1ccccc1Cl. The predicted molar refractivity (Wildman–Crippen MR) is 106 cm³/mol. The largest absolute Gasteiger partial charge is 0.431 e. The van der Waals surface area contributed by atoms with Crippen LogP contribution in [-0.2, 0) is 9.59 Å². The van der Waals surface area contributed by atoms with Gasteiger partial charge in [-0.3, -0.25) is 15.0 Å². The Kier molecular flexibility index (Phi) is 5.29. The van der Waals surface area contributed by atoms with Crippen LogP contribution in [0.5, 0.6) is 0 Å². The first-order valence-corrected chi connectivity index (χ1v) is 10.5. The van der Waals surface area contributed by atoms with E-state index in [1.54, 1.807) is 6.07 Å². The standard InChI is InChI=1S/C18H14ClN3O3S2/c19-12-6-2-1-5-11(12)17-22(16(24)10-26-17)21-15(23)9-27-18-20-13-7-3-4-8-14(13)25-18/h1-8,17H,9-10H2,(H,21,23). The minimum atomic E-state index is -0.343. The van der Waals surface area contributed by atoms with Gasteiger partial charge in [0.05, 0.1) is 11.5 Å². The Balaban J connectivity index is 1.41. The van der Waals surface area contributed by atoms with E-state index < -0.39 is 0 Å². The van der Waals surface area contributed by atoms with Crippen molar-refractivity contribution in [1.29, 1.82) is 0 Å². The maximum Gasteiger partial charge on any atom is 0.257 e. The maximum atomic E-state index is 12.4. The molecule has 4 rings (SSSR count).